The molecule has 3 aromatic heterocycles. The number of nitrogens with one attached hydrogen (secondary N) is 1. The summed E-state index contributed by atoms with van der Waals surface area (Å²) in [6.45, 7) is 0.767. The largest absolute Gasteiger partial charge is 0.378 e. The molecule has 0 unspecified atom stereocenters. The number of nitrogens with zero attached hydrogens (tertiary/aromatic N) is 4. The van der Waals surface area contributed by atoms with Gasteiger partial charge in [0.05, 0.1) is 36.3 Å². The van der Waals surface area contributed by atoms with Crippen LogP contribution in [-0.2, 0) is 11.2 Å². The Morgan fingerprint density at radius 3 is 2.96 bits per heavy atom. The van der Waals surface area contributed by atoms with Crippen molar-refractivity contribution in [3.63, 3.8) is 0 Å². The number of hydrogen-bond acceptors (Lipinski definition) is 4. The van der Waals surface area contributed by atoms with E-state index in [1.165, 1.54) is 24.8 Å². The minimum atomic E-state index is 0.484. The fourth-order valence-corrected chi connectivity index (χ4v) is 3.24. The zero-order valence-corrected chi connectivity index (χ0v) is 13.9. The molecule has 0 saturated heterocycles. The maximum Gasteiger partial charge on any atom is 0.162 e. The van der Waals surface area contributed by atoms with Crippen LogP contribution < -0.4 is 0 Å². The summed E-state index contributed by atoms with van der Waals surface area (Å²) in [6.07, 6.45) is 10.7. The third-order valence-corrected chi connectivity index (χ3v) is 4.93. The van der Waals surface area contributed by atoms with Crippen molar-refractivity contribution in [3.8, 4) is 5.69 Å². The van der Waals surface area contributed by atoms with Gasteiger partial charge >= 0.3 is 0 Å². The quantitative estimate of drug-likeness (QED) is 0.608. The predicted octanol–water partition coefficient (Wildman–Crippen LogP) is 3.41. The zero-order valence-electron chi connectivity index (χ0n) is 13.9. The van der Waals surface area contributed by atoms with Gasteiger partial charge in [0, 0.05) is 17.0 Å². The fourth-order valence-electron chi connectivity index (χ4n) is 3.24. The molecule has 6 nitrogen and oxygen atoms in total. The van der Waals surface area contributed by atoms with Gasteiger partial charge in [-0.25, -0.2) is 9.67 Å². The van der Waals surface area contributed by atoms with Gasteiger partial charge in [0.25, 0.3) is 0 Å². The molecule has 0 atom stereocenters. The van der Waals surface area contributed by atoms with E-state index in [0.717, 1.165) is 40.7 Å². The van der Waals surface area contributed by atoms with Crippen LogP contribution in [0.25, 0.3) is 27.6 Å². The van der Waals surface area contributed by atoms with Crippen molar-refractivity contribution in [1.82, 2.24) is 25.0 Å². The van der Waals surface area contributed by atoms with E-state index in [-0.39, 0.29) is 0 Å². The molecule has 1 aliphatic rings. The number of H-pyrrole nitrogens is 1. The Kier molecular flexibility index (Phi) is 3.48. The van der Waals surface area contributed by atoms with E-state index in [2.05, 4.69) is 32.4 Å². The molecular weight excluding hydrogens is 314 g/mol. The molecule has 1 aromatic carbocycles. The van der Waals surface area contributed by atoms with Gasteiger partial charge in [-0.2, -0.15) is 10.2 Å². The van der Waals surface area contributed by atoms with Crippen LogP contribution in [0.2, 0.25) is 0 Å². The van der Waals surface area contributed by atoms with Gasteiger partial charge in [0.15, 0.2) is 5.65 Å². The number of ether oxygens (including phenoxy) is 1. The van der Waals surface area contributed by atoms with Crippen molar-refractivity contribution in [2.75, 3.05) is 6.61 Å². The van der Waals surface area contributed by atoms with E-state index in [4.69, 9.17) is 4.74 Å². The molecule has 0 amide bonds. The van der Waals surface area contributed by atoms with Crippen molar-refractivity contribution in [2.24, 2.45) is 0 Å². The molecule has 1 N–H and O–H groups in total. The van der Waals surface area contributed by atoms with Crippen molar-refractivity contribution in [3.05, 3.63) is 48.4 Å². The summed E-state index contributed by atoms with van der Waals surface area (Å²) < 4.78 is 7.72. The molecule has 0 radical (unpaired) electrons. The van der Waals surface area contributed by atoms with E-state index in [1.54, 1.807) is 0 Å². The van der Waals surface area contributed by atoms with Crippen LogP contribution in [0, 0.1) is 0 Å². The molecule has 6 heteroatoms. The maximum atomic E-state index is 5.84. The average Bonchev–Trinajstić information content (AvgIpc) is 3.22. The van der Waals surface area contributed by atoms with Crippen molar-refractivity contribution in [1.29, 1.82) is 0 Å². The van der Waals surface area contributed by atoms with Crippen LogP contribution in [0.4, 0.5) is 0 Å². The second kappa shape index (κ2) is 5.97. The number of benzene rings is 1. The number of pyridine rings is 1. The first-order chi connectivity index (χ1) is 12.4. The lowest BCUT2D eigenvalue weighted by atomic mass is 9.96. The van der Waals surface area contributed by atoms with Crippen LogP contribution in [-0.4, -0.2) is 37.7 Å². The van der Waals surface area contributed by atoms with Gasteiger partial charge in [-0.15, -0.1) is 0 Å². The first-order valence-electron chi connectivity index (χ1n) is 8.74. The molecule has 1 saturated carbocycles. The van der Waals surface area contributed by atoms with E-state index >= 15 is 0 Å². The number of aromatic amines is 1. The molecule has 0 spiro atoms. The fraction of sp³-hybridized carbons (Fsp3) is 0.316. The standard InChI is InChI=1S/C19H19N5O/c1-2-17(3-1)25-7-6-13-8-15-12-22-24(19(15)20-10-13)16-4-5-18-14(9-16)11-21-23-18/h4-5,8-12,17H,1-3,6-7H2,(H,21,23). The summed E-state index contributed by atoms with van der Waals surface area (Å²) >= 11 is 0. The Bertz CT molecular complexity index is 1030. The average molecular weight is 333 g/mol. The monoisotopic (exact) mass is 333 g/mol. The molecule has 4 aromatic rings. The Morgan fingerprint density at radius 2 is 2.08 bits per heavy atom. The van der Waals surface area contributed by atoms with Crippen LogP contribution in [0.15, 0.2) is 42.9 Å². The van der Waals surface area contributed by atoms with Crippen LogP contribution >= 0.6 is 0 Å². The molecular formula is C19H19N5O. The first-order valence-corrected chi connectivity index (χ1v) is 8.74. The SMILES string of the molecule is c1nc2c(cnn2-c2ccc3[nH]ncc3c2)cc1CCOC1CCC1. The number of fused-ring (bicyclic) bond motifs is 2. The van der Waals surface area contributed by atoms with Crippen molar-refractivity contribution in [2.45, 2.75) is 31.8 Å². The highest BCUT2D eigenvalue weighted by atomic mass is 16.5. The second-order valence-electron chi connectivity index (χ2n) is 6.63. The molecule has 3 heterocycles. The lowest BCUT2D eigenvalue weighted by Gasteiger charge is -2.25. The highest BCUT2D eigenvalue weighted by Crippen LogP contribution is 2.23. The molecule has 0 aliphatic heterocycles. The number of aromatic nitrogens is 5. The minimum Gasteiger partial charge on any atom is -0.378 e. The number of hydrogen-bond donors (Lipinski definition) is 1. The summed E-state index contributed by atoms with van der Waals surface area (Å²) in [5, 5.41) is 13.7. The highest BCUT2D eigenvalue weighted by molar-refractivity contribution is 5.82. The lowest BCUT2D eigenvalue weighted by molar-refractivity contribution is 0.00412. The smallest absolute Gasteiger partial charge is 0.162 e. The molecule has 126 valence electrons. The molecule has 0 bridgehead atoms. The van der Waals surface area contributed by atoms with Gasteiger partial charge in [0.2, 0.25) is 0 Å². The third kappa shape index (κ3) is 2.68. The normalized spacial score (nSPS) is 15.0. The Labute approximate surface area is 144 Å². The van der Waals surface area contributed by atoms with Gasteiger partial charge in [0.1, 0.15) is 0 Å². The second-order valence-corrected chi connectivity index (χ2v) is 6.63. The van der Waals surface area contributed by atoms with Crippen LogP contribution in [0.3, 0.4) is 0 Å². The highest BCUT2D eigenvalue weighted by Gasteiger charge is 2.17. The summed E-state index contributed by atoms with van der Waals surface area (Å²) in [5.41, 5.74) is 4.06. The Balaban J connectivity index is 1.40. The summed E-state index contributed by atoms with van der Waals surface area (Å²) in [4.78, 5) is 4.64. The van der Waals surface area contributed by atoms with Crippen LogP contribution in [0.1, 0.15) is 24.8 Å². The van der Waals surface area contributed by atoms with E-state index in [9.17, 15) is 0 Å². The van der Waals surface area contributed by atoms with E-state index in [1.807, 2.05) is 35.4 Å². The lowest BCUT2D eigenvalue weighted by Crippen LogP contribution is -2.22. The summed E-state index contributed by atoms with van der Waals surface area (Å²) in [5.74, 6) is 0. The Morgan fingerprint density at radius 1 is 1.12 bits per heavy atom. The zero-order chi connectivity index (χ0) is 16.6. The van der Waals surface area contributed by atoms with Crippen LogP contribution in [0.5, 0.6) is 0 Å². The van der Waals surface area contributed by atoms with Crippen molar-refractivity contribution < 1.29 is 4.74 Å². The van der Waals surface area contributed by atoms with Gasteiger partial charge in [-0.3, -0.25) is 5.10 Å². The van der Waals surface area contributed by atoms with Gasteiger partial charge < -0.3 is 4.74 Å². The maximum absolute atomic E-state index is 5.84. The minimum absolute atomic E-state index is 0.484. The van der Waals surface area contributed by atoms with Gasteiger partial charge in [-0.1, -0.05) is 0 Å². The predicted molar refractivity (Wildman–Crippen MR) is 95.8 cm³/mol. The van der Waals surface area contributed by atoms with E-state index in [0.29, 0.717) is 6.10 Å². The number of rotatable bonds is 5. The summed E-state index contributed by atoms with van der Waals surface area (Å²) in [7, 11) is 0. The van der Waals surface area contributed by atoms with Crippen molar-refractivity contribution >= 4 is 21.9 Å². The topological polar surface area (TPSA) is 68.6 Å². The first kappa shape index (κ1) is 14.6. The Hall–Kier alpha value is -2.73. The molecule has 1 aliphatic carbocycles. The molecule has 1 fully saturated rings. The molecule has 5 rings (SSSR count). The molecule has 25 heavy (non-hydrogen) atoms. The third-order valence-electron chi connectivity index (χ3n) is 4.93. The van der Waals surface area contributed by atoms with E-state index < -0.39 is 0 Å². The summed E-state index contributed by atoms with van der Waals surface area (Å²) in [6, 6.07) is 8.26. The van der Waals surface area contributed by atoms with Gasteiger partial charge in [-0.05, 0) is 55.5 Å².